The van der Waals surface area contributed by atoms with Crippen LogP contribution in [-0.4, -0.2) is 58.7 Å². The number of benzene rings is 1. The number of rotatable bonds is 14. The SMILES string of the molecule is CCCCOCCCN=C(NCC)NCCNS(=O)(=O)c1cccc([N+](=O)[O-])c1.I. The fourth-order valence-corrected chi connectivity index (χ4v) is 3.33. The highest BCUT2D eigenvalue weighted by Crippen LogP contribution is 2.16. The maximum absolute atomic E-state index is 12.3. The predicted octanol–water partition coefficient (Wildman–Crippen LogP) is 2.25. The monoisotopic (exact) mass is 557 g/mol. The Morgan fingerprint density at radius 1 is 1.17 bits per heavy atom. The van der Waals surface area contributed by atoms with E-state index >= 15 is 0 Å². The molecule has 30 heavy (non-hydrogen) atoms. The van der Waals surface area contributed by atoms with Gasteiger partial charge >= 0.3 is 0 Å². The highest BCUT2D eigenvalue weighted by molar-refractivity contribution is 14.0. The van der Waals surface area contributed by atoms with Crippen molar-refractivity contribution in [1.29, 1.82) is 0 Å². The van der Waals surface area contributed by atoms with Crippen molar-refractivity contribution in [2.45, 2.75) is 38.0 Å². The van der Waals surface area contributed by atoms with E-state index in [1.807, 2.05) is 6.92 Å². The first kappa shape index (κ1) is 28.5. The van der Waals surface area contributed by atoms with Gasteiger partial charge in [-0.25, -0.2) is 13.1 Å². The Morgan fingerprint density at radius 2 is 1.90 bits per heavy atom. The van der Waals surface area contributed by atoms with E-state index in [1.165, 1.54) is 18.2 Å². The Hall–Kier alpha value is -1.51. The molecule has 172 valence electrons. The van der Waals surface area contributed by atoms with Gasteiger partial charge in [0.2, 0.25) is 10.0 Å². The molecule has 0 spiro atoms. The smallest absolute Gasteiger partial charge is 0.270 e. The Bertz CT molecular complexity index is 761. The summed E-state index contributed by atoms with van der Waals surface area (Å²) in [5.74, 6) is 0.593. The quantitative estimate of drug-likeness (QED) is 0.0798. The minimum atomic E-state index is -3.83. The number of hydrogen-bond donors (Lipinski definition) is 3. The maximum Gasteiger partial charge on any atom is 0.270 e. The second-order valence-corrected chi connectivity index (χ2v) is 7.93. The summed E-state index contributed by atoms with van der Waals surface area (Å²) in [4.78, 5) is 14.4. The minimum absolute atomic E-state index is 0. The largest absolute Gasteiger partial charge is 0.381 e. The zero-order valence-corrected chi connectivity index (χ0v) is 20.6. The Labute approximate surface area is 195 Å². The van der Waals surface area contributed by atoms with Crippen LogP contribution in [0, 0.1) is 10.1 Å². The second kappa shape index (κ2) is 16.2. The molecule has 12 heteroatoms. The van der Waals surface area contributed by atoms with Crippen LogP contribution in [0.25, 0.3) is 0 Å². The number of unbranched alkanes of at least 4 members (excludes halogenated alkanes) is 1. The first-order valence-corrected chi connectivity index (χ1v) is 11.2. The molecule has 0 saturated carbocycles. The lowest BCUT2D eigenvalue weighted by Gasteiger charge is -2.12. The Kier molecular flexibility index (Phi) is 15.4. The summed E-state index contributed by atoms with van der Waals surface area (Å²) in [5, 5.41) is 16.9. The van der Waals surface area contributed by atoms with Crippen molar-refractivity contribution in [2.75, 3.05) is 39.4 Å². The molecule has 0 atom stereocenters. The van der Waals surface area contributed by atoms with Gasteiger partial charge in [-0.15, -0.1) is 24.0 Å². The van der Waals surface area contributed by atoms with Crippen LogP contribution < -0.4 is 15.4 Å². The summed E-state index contributed by atoms with van der Waals surface area (Å²) in [6.07, 6.45) is 2.97. The molecule has 1 aromatic rings. The van der Waals surface area contributed by atoms with E-state index in [9.17, 15) is 18.5 Å². The van der Waals surface area contributed by atoms with E-state index in [0.717, 1.165) is 31.9 Å². The zero-order chi connectivity index (χ0) is 21.5. The van der Waals surface area contributed by atoms with Crippen molar-refractivity contribution in [3.8, 4) is 0 Å². The number of halogens is 1. The molecule has 0 heterocycles. The third-order valence-electron chi connectivity index (χ3n) is 3.75. The summed E-state index contributed by atoms with van der Waals surface area (Å²) in [5.41, 5.74) is -0.272. The average molecular weight is 557 g/mol. The van der Waals surface area contributed by atoms with Gasteiger partial charge in [0.05, 0.1) is 9.82 Å². The van der Waals surface area contributed by atoms with Crippen LogP contribution in [0.5, 0.6) is 0 Å². The van der Waals surface area contributed by atoms with Crippen molar-refractivity contribution in [3.63, 3.8) is 0 Å². The Balaban J connectivity index is 0.00000841. The van der Waals surface area contributed by atoms with Crippen LogP contribution in [0.15, 0.2) is 34.2 Å². The predicted molar refractivity (Wildman–Crippen MR) is 128 cm³/mol. The summed E-state index contributed by atoms with van der Waals surface area (Å²) >= 11 is 0. The van der Waals surface area contributed by atoms with E-state index < -0.39 is 14.9 Å². The molecule has 0 aliphatic heterocycles. The molecule has 0 bridgehead atoms. The van der Waals surface area contributed by atoms with Crippen LogP contribution in [0.4, 0.5) is 5.69 Å². The molecule has 1 aromatic carbocycles. The number of nitrogens with one attached hydrogen (secondary N) is 3. The standard InChI is InChI=1S/C18H31N5O5S.HI/c1-3-5-13-28-14-7-10-20-18(19-4-2)21-11-12-22-29(26,27)17-9-6-8-16(15-17)23(24)25;/h6,8-9,15,22H,3-5,7,10-14H2,1-2H3,(H2,19,20,21);1H. The van der Waals surface area contributed by atoms with E-state index in [0.29, 0.717) is 32.2 Å². The first-order chi connectivity index (χ1) is 13.9. The molecular formula is C18H32IN5O5S. The summed E-state index contributed by atoms with van der Waals surface area (Å²) in [7, 11) is -3.83. The topological polar surface area (TPSA) is 135 Å². The van der Waals surface area contributed by atoms with E-state index in [4.69, 9.17) is 4.74 Å². The van der Waals surface area contributed by atoms with Gasteiger partial charge < -0.3 is 15.4 Å². The summed E-state index contributed by atoms with van der Waals surface area (Å²) < 4.78 is 32.5. The third-order valence-corrected chi connectivity index (χ3v) is 5.21. The lowest BCUT2D eigenvalue weighted by Crippen LogP contribution is -2.41. The van der Waals surface area contributed by atoms with Crippen molar-refractivity contribution in [2.24, 2.45) is 4.99 Å². The highest BCUT2D eigenvalue weighted by Gasteiger charge is 2.16. The third kappa shape index (κ3) is 11.6. The van der Waals surface area contributed by atoms with Crippen molar-refractivity contribution >= 4 is 45.6 Å². The number of ether oxygens (including phenoxy) is 1. The van der Waals surface area contributed by atoms with Crippen LogP contribution in [0.2, 0.25) is 0 Å². The van der Waals surface area contributed by atoms with Gasteiger partial charge in [0.1, 0.15) is 0 Å². The number of non-ortho nitro benzene ring substituents is 1. The van der Waals surface area contributed by atoms with Gasteiger partial charge in [0, 0.05) is 51.5 Å². The van der Waals surface area contributed by atoms with Crippen molar-refractivity contribution in [3.05, 3.63) is 34.4 Å². The molecule has 0 radical (unpaired) electrons. The van der Waals surface area contributed by atoms with Crippen LogP contribution in [0.3, 0.4) is 0 Å². The molecule has 0 fully saturated rings. The van der Waals surface area contributed by atoms with Crippen LogP contribution in [-0.2, 0) is 14.8 Å². The van der Waals surface area contributed by atoms with Crippen molar-refractivity contribution in [1.82, 2.24) is 15.4 Å². The van der Waals surface area contributed by atoms with Gasteiger partial charge in [-0.3, -0.25) is 15.1 Å². The van der Waals surface area contributed by atoms with Gasteiger partial charge in [-0.05, 0) is 25.8 Å². The van der Waals surface area contributed by atoms with Crippen molar-refractivity contribution < 1.29 is 18.1 Å². The molecule has 0 aromatic heterocycles. The van der Waals surface area contributed by atoms with Gasteiger partial charge in [-0.1, -0.05) is 19.4 Å². The fraction of sp³-hybridized carbons (Fsp3) is 0.611. The highest BCUT2D eigenvalue weighted by atomic mass is 127. The van der Waals surface area contributed by atoms with Crippen LogP contribution in [0.1, 0.15) is 33.1 Å². The molecule has 0 unspecified atom stereocenters. The number of sulfonamides is 1. The summed E-state index contributed by atoms with van der Waals surface area (Å²) in [6.45, 7) is 7.18. The molecule has 0 amide bonds. The lowest BCUT2D eigenvalue weighted by atomic mass is 10.3. The normalized spacial score (nSPS) is 11.6. The number of hydrogen-bond acceptors (Lipinski definition) is 6. The fourth-order valence-electron chi connectivity index (χ4n) is 2.26. The number of nitro benzene ring substituents is 1. The van der Waals surface area contributed by atoms with E-state index in [1.54, 1.807) is 0 Å². The Morgan fingerprint density at radius 3 is 2.57 bits per heavy atom. The summed E-state index contributed by atoms with van der Waals surface area (Å²) in [6, 6.07) is 4.93. The zero-order valence-electron chi connectivity index (χ0n) is 17.4. The minimum Gasteiger partial charge on any atom is -0.381 e. The number of nitro groups is 1. The second-order valence-electron chi connectivity index (χ2n) is 6.16. The first-order valence-electron chi connectivity index (χ1n) is 9.74. The number of nitrogens with zero attached hydrogens (tertiary/aromatic N) is 2. The van der Waals surface area contributed by atoms with Gasteiger partial charge in [0.15, 0.2) is 5.96 Å². The van der Waals surface area contributed by atoms with E-state index in [-0.39, 0.29) is 41.1 Å². The molecule has 1 rings (SSSR count). The number of aliphatic imine (C=N–C) groups is 1. The molecule has 0 aliphatic rings. The van der Waals surface area contributed by atoms with E-state index in [2.05, 4.69) is 27.3 Å². The molecule has 0 saturated heterocycles. The van der Waals surface area contributed by atoms with Crippen LogP contribution >= 0.6 is 24.0 Å². The molecule has 0 aliphatic carbocycles. The van der Waals surface area contributed by atoms with Gasteiger partial charge in [0.25, 0.3) is 5.69 Å². The average Bonchev–Trinajstić information content (AvgIpc) is 2.70. The molecule has 10 nitrogen and oxygen atoms in total. The number of guanidine groups is 1. The molecule has 3 N–H and O–H groups in total. The van der Waals surface area contributed by atoms with Gasteiger partial charge in [-0.2, -0.15) is 0 Å². The maximum atomic E-state index is 12.3. The molecular weight excluding hydrogens is 525 g/mol. The lowest BCUT2D eigenvalue weighted by molar-refractivity contribution is -0.385.